The molecule has 1 saturated heterocycles. The summed E-state index contributed by atoms with van der Waals surface area (Å²) < 4.78 is 14.2. The van der Waals surface area contributed by atoms with Crippen LogP contribution in [0.3, 0.4) is 0 Å². The van der Waals surface area contributed by atoms with Crippen LogP contribution in [-0.4, -0.2) is 36.6 Å². The van der Waals surface area contributed by atoms with Gasteiger partial charge in [-0.3, -0.25) is 14.6 Å². The largest absolute Gasteiger partial charge is 0.404 e. The van der Waals surface area contributed by atoms with Crippen molar-refractivity contribution in [1.29, 1.82) is 5.26 Å². The normalized spacial score (nSPS) is 20.4. The third kappa shape index (κ3) is 4.71. The van der Waals surface area contributed by atoms with E-state index in [9.17, 15) is 19.2 Å². The molecule has 0 spiro atoms. The lowest BCUT2D eigenvalue weighted by Crippen LogP contribution is -2.42. The van der Waals surface area contributed by atoms with E-state index in [0.717, 1.165) is 19.3 Å². The molecule has 1 aliphatic heterocycles. The van der Waals surface area contributed by atoms with Gasteiger partial charge in [-0.15, -0.1) is 0 Å². The molecular formula is C27H29FN6O2. The van der Waals surface area contributed by atoms with Crippen LogP contribution in [-0.2, 0) is 11.3 Å². The number of allylic oxidation sites excluding steroid dienone is 1. The number of aryl methyl sites for hydroxylation is 1. The van der Waals surface area contributed by atoms with Crippen LogP contribution in [0.15, 0.2) is 41.5 Å². The highest BCUT2D eigenvalue weighted by Crippen LogP contribution is 2.49. The zero-order chi connectivity index (χ0) is 25.9. The molecule has 1 atom stereocenters. The summed E-state index contributed by atoms with van der Waals surface area (Å²) in [7, 11) is 1.59. The standard InChI is InChI=1S/C27H29FN6O2/c1-17-8-23(34-7-6-27(16-30,26(34)36)21-4-3-5-21)12-24(33-17)25(35)32-14-18-9-19(11-22(28)10-18)20(13-29)15-31-2/h8-13,15,21H,3-7,14,29H2,1-2H3,(H,32,35). The highest BCUT2D eigenvalue weighted by molar-refractivity contribution is 6.09. The Bertz CT molecular complexity index is 1290. The molecule has 2 heterocycles. The second-order valence-electron chi connectivity index (χ2n) is 9.31. The van der Waals surface area contributed by atoms with Crippen LogP contribution in [0.4, 0.5) is 10.1 Å². The van der Waals surface area contributed by atoms with E-state index in [0.29, 0.717) is 41.0 Å². The number of halogens is 1. The summed E-state index contributed by atoms with van der Waals surface area (Å²) in [6, 6.07) is 10.0. The van der Waals surface area contributed by atoms with E-state index >= 15 is 0 Å². The van der Waals surface area contributed by atoms with Gasteiger partial charge in [0.1, 0.15) is 16.9 Å². The van der Waals surface area contributed by atoms with Gasteiger partial charge >= 0.3 is 0 Å². The predicted molar refractivity (Wildman–Crippen MR) is 135 cm³/mol. The molecule has 1 aromatic heterocycles. The zero-order valence-corrected chi connectivity index (χ0v) is 20.4. The van der Waals surface area contributed by atoms with Gasteiger partial charge in [-0.05, 0) is 73.6 Å². The summed E-state index contributed by atoms with van der Waals surface area (Å²) >= 11 is 0. The van der Waals surface area contributed by atoms with Crippen molar-refractivity contribution in [2.75, 3.05) is 18.5 Å². The summed E-state index contributed by atoms with van der Waals surface area (Å²) in [6.45, 7) is 2.24. The van der Waals surface area contributed by atoms with Gasteiger partial charge in [-0.1, -0.05) is 6.42 Å². The number of benzene rings is 1. The van der Waals surface area contributed by atoms with E-state index in [4.69, 9.17) is 5.73 Å². The van der Waals surface area contributed by atoms with E-state index < -0.39 is 17.1 Å². The first-order valence-electron chi connectivity index (χ1n) is 12.0. The Labute approximate surface area is 209 Å². The number of anilines is 1. The number of hydrogen-bond acceptors (Lipinski definition) is 6. The lowest BCUT2D eigenvalue weighted by Gasteiger charge is -2.36. The molecule has 0 radical (unpaired) electrons. The third-order valence-electron chi connectivity index (χ3n) is 7.03. The number of carbonyl (C=O) groups is 2. The average Bonchev–Trinajstić information content (AvgIpc) is 3.15. The van der Waals surface area contributed by atoms with Crippen molar-refractivity contribution in [3.8, 4) is 6.07 Å². The molecule has 186 valence electrons. The molecule has 0 bridgehead atoms. The summed E-state index contributed by atoms with van der Waals surface area (Å²) in [5, 5.41) is 12.6. The third-order valence-corrected chi connectivity index (χ3v) is 7.03. The first-order chi connectivity index (χ1) is 17.3. The monoisotopic (exact) mass is 488 g/mol. The number of nitrogens with two attached hydrogens (primary N) is 1. The lowest BCUT2D eigenvalue weighted by atomic mass is 9.65. The molecule has 1 aliphatic carbocycles. The number of pyridine rings is 1. The van der Waals surface area contributed by atoms with Crippen molar-refractivity contribution in [3.63, 3.8) is 0 Å². The minimum Gasteiger partial charge on any atom is -0.404 e. The number of hydrogen-bond donors (Lipinski definition) is 2. The first kappa shape index (κ1) is 25.0. The molecule has 2 amide bonds. The molecule has 8 nitrogen and oxygen atoms in total. The van der Waals surface area contributed by atoms with Crippen molar-refractivity contribution < 1.29 is 14.0 Å². The number of aromatic nitrogens is 1. The number of nitrogens with zero attached hydrogens (tertiary/aromatic N) is 4. The SMILES string of the molecule is CN=CC(=CN)c1cc(F)cc(CNC(=O)c2cc(N3CCC(C#N)(C4CCC4)C3=O)cc(C)n2)c1. The first-order valence-corrected chi connectivity index (χ1v) is 12.0. The minimum atomic E-state index is -0.980. The van der Waals surface area contributed by atoms with Gasteiger partial charge in [0.25, 0.3) is 5.91 Å². The van der Waals surface area contributed by atoms with E-state index in [1.54, 1.807) is 37.1 Å². The summed E-state index contributed by atoms with van der Waals surface area (Å²) in [5.41, 5.74) is 7.58. The van der Waals surface area contributed by atoms with Gasteiger partial charge in [0, 0.05) is 49.5 Å². The maximum atomic E-state index is 14.2. The molecule has 4 rings (SSSR count). The molecular weight excluding hydrogens is 459 g/mol. The minimum absolute atomic E-state index is 0.0670. The Kier molecular flexibility index (Phi) is 7.15. The summed E-state index contributed by atoms with van der Waals surface area (Å²) in [5.74, 6) is -1.01. The van der Waals surface area contributed by atoms with E-state index in [2.05, 4.69) is 21.4 Å². The molecule has 36 heavy (non-hydrogen) atoms. The number of amides is 2. The van der Waals surface area contributed by atoms with E-state index in [1.807, 2.05) is 0 Å². The predicted octanol–water partition coefficient (Wildman–Crippen LogP) is 3.51. The fourth-order valence-corrected chi connectivity index (χ4v) is 4.93. The Morgan fingerprint density at radius 1 is 1.36 bits per heavy atom. The van der Waals surface area contributed by atoms with Crippen LogP contribution in [0, 0.1) is 35.4 Å². The van der Waals surface area contributed by atoms with Crippen molar-refractivity contribution in [3.05, 3.63) is 64.9 Å². The van der Waals surface area contributed by atoms with Crippen LogP contribution in [0.25, 0.3) is 5.57 Å². The van der Waals surface area contributed by atoms with E-state index in [1.165, 1.54) is 24.5 Å². The molecule has 2 aromatic rings. The van der Waals surface area contributed by atoms with E-state index in [-0.39, 0.29) is 24.1 Å². The van der Waals surface area contributed by atoms with Crippen LogP contribution in [0.1, 0.15) is 53.0 Å². The van der Waals surface area contributed by atoms with Gasteiger partial charge in [-0.2, -0.15) is 5.26 Å². The van der Waals surface area contributed by atoms with Crippen molar-refractivity contribution in [2.24, 2.45) is 22.1 Å². The van der Waals surface area contributed by atoms with Crippen molar-refractivity contribution in [2.45, 2.75) is 39.2 Å². The van der Waals surface area contributed by atoms with Gasteiger partial charge in [0.2, 0.25) is 5.91 Å². The number of aliphatic imine (C=N–C) groups is 1. The lowest BCUT2D eigenvalue weighted by molar-refractivity contribution is -0.126. The van der Waals surface area contributed by atoms with Crippen molar-refractivity contribution in [1.82, 2.24) is 10.3 Å². The van der Waals surface area contributed by atoms with Crippen LogP contribution < -0.4 is 16.0 Å². The smallest absolute Gasteiger partial charge is 0.270 e. The number of carbonyl (C=O) groups excluding carboxylic acids is 2. The van der Waals surface area contributed by atoms with Gasteiger partial charge in [-0.25, -0.2) is 9.37 Å². The summed E-state index contributed by atoms with van der Waals surface area (Å²) in [4.78, 5) is 36.1. The molecule has 1 aromatic carbocycles. The Balaban J connectivity index is 1.51. The van der Waals surface area contributed by atoms with Crippen LogP contribution in [0.5, 0.6) is 0 Å². The highest BCUT2D eigenvalue weighted by atomic mass is 19.1. The Morgan fingerprint density at radius 3 is 2.78 bits per heavy atom. The highest BCUT2D eigenvalue weighted by Gasteiger charge is 2.54. The topological polar surface area (TPSA) is 124 Å². The van der Waals surface area contributed by atoms with Crippen molar-refractivity contribution >= 4 is 29.3 Å². The molecule has 1 unspecified atom stereocenters. The fraction of sp³-hybridized carbons (Fsp3) is 0.370. The van der Waals surface area contributed by atoms with Gasteiger partial charge in [0.15, 0.2) is 0 Å². The number of nitriles is 1. The molecule has 1 saturated carbocycles. The van der Waals surface area contributed by atoms with Crippen LogP contribution in [0.2, 0.25) is 0 Å². The second kappa shape index (κ2) is 10.3. The number of rotatable bonds is 7. The Hall–Kier alpha value is -4.06. The van der Waals surface area contributed by atoms with Gasteiger partial charge < -0.3 is 16.0 Å². The molecule has 9 heteroatoms. The molecule has 2 aliphatic rings. The maximum Gasteiger partial charge on any atom is 0.270 e. The van der Waals surface area contributed by atoms with Crippen LogP contribution >= 0.6 is 0 Å². The Morgan fingerprint density at radius 2 is 2.14 bits per heavy atom. The fourth-order valence-electron chi connectivity index (χ4n) is 4.93. The molecule has 3 N–H and O–H groups in total. The quantitative estimate of drug-likeness (QED) is 0.577. The average molecular weight is 489 g/mol. The maximum absolute atomic E-state index is 14.2. The molecule has 2 fully saturated rings. The zero-order valence-electron chi connectivity index (χ0n) is 20.4. The second-order valence-corrected chi connectivity index (χ2v) is 9.31. The van der Waals surface area contributed by atoms with Gasteiger partial charge in [0.05, 0.1) is 6.07 Å². The summed E-state index contributed by atoms with van der Waals surface area (Å²) in [6.07, 6.45) is 6.19. The number of nitrogens with one attached hydrogen (secondary N) is 1.